The lowest BCUT2D eigenvalue weighted by atomic mass is 9.98. The van der Waals surface area contributed by atoms with Crippen LogP contribution in [0.3, 0.4) is 0 Å². The Bertz CT molecular complexity index is 939. The summed E-state index contributed by atoms with van der Waals surface area (Å²) in [4.78, 5) is 14.7. The minimum atomic E-state index is -0.346. The van der Waals surface area contributed by atoms with Gasteiger partial charge in [-0.3, -0.25) is 9.89 Å². The largest absolute Gasteiger partial charge is 0.497 e. The van der Waals surface area contributed by atoms with Crippen LogP contribution in [0.2, 0.25) is 0 Å². The van der Waals surface area contributed by atoms with E-state index in [1.54, 1.807) is 17.2 Å². The summed E-state index contributed by atoms with van der Waals surface area (Å²) < 4.78 is 18.8. The van der Waals surface area contributed by atoms with Crippen LogP contribution in [0.15, 0.2) is 54.9 Å². The number of rotatable bonds is 5. The molecule has 5 nitrogen and oxygen atoms in total. The number of nitrogens with one attached hydrogen (secondary N) is 1. The number of carbonyl (C=O) groups is 1. The van der Waals surface area contributed by atoms with Crippen molar-refractivity contribution in [1.29, 1.82) is 0 Å². The van der Waals surface area contributed by atoms with Crippen molar-refractivity contribution >= 4 is 11.6 Å². The van der Waals surface area contributed by atoms with Gasteiger partial charge >= 0.3 is 0 Å². The molecule has 1 saturated heterocycles. The molecule has 1 aromatic heterocycles. The highest BCUT2D eigenvalue weighted by Crippen LogP contribution is 2.30. The Morgan fingerprint density at radius 2 is 2.04 bits per heavy atom. The second kappa shape index (κ2) is 7.23. The predicted octanol–water partition coefficient (Wildman–Crippen LogP) is 3.82. The number of nitrogens with zero attached hydrogens (tertiary/aromatic N) is 2. The van der Waals surface area contributed by atoms with Crippen molar-refractivity contribution in [2.75, 3.05) is 18.6 Å². The fourth-order valence-corrected chi connectivity index (χ4v) is 3.57. The fourth-order valence-electron chi connectivity index (χ4n) is 3.57. The van der Waals surface area contributed by atoms with Gasteiger partial charge in [-0.15, -0.1) is 0 Å². The topological polar surface area (TPSA) is 58.2 Å². The molecule has 1 atom stereocenters. The molecule has 2 heterocycles. The average molecular weight is 365 g/mol. The number of benzene rings is 2. The number of hydrogen-bond donors (Lipinski definition) is 1. The lowest BCUT2D eigenvalue weighted by Crippen LogP contribution is -2.27. The summed E-state index contributed by atoms with van der Waals surface area (Å²) in [5.74, 6) is 0.0583. The van der Waals surface area contributed by atoms with Crippen LogP contribution >= 0.6 is 0 Å². The van der Waals surface area contributed by atoms with Gasteiger partial charge in [0.15, 0.2) is 0 Å². The molecule has 1 N–H and O–H groups in total. The summed E-state index contributed by atoms with van der Waals surface area (Å²) in [7, 11) is 1.51. The van der Waals surface area contributed by atoms with Gasteiger partial charge in [-0.2, -0.15) is 5.10 Å². The van der Waals surface area contributed by atoms with Gasteiger partial charge in [0.05, 0.1) is 13.3 Å². The Labute approximate surface area is 156 Å². The first-order chi connectivity index (χ1) is 13.1. The number of anilines is 1. The first kappa shape index (κ1) is 17.3. The van der Waals surface area contributed by atoms with Gasteiger partial charge in [-0.1, -0.05) is 12.1 Å². The monoisotopic (exact) mass is 365 g/mol. The van der Waals surface area contributed by atoms with Crippen molar-refractivity contribution in [1.82, 2.24) is 10.2 Å². The van der Waals surface area contributed by atoms with Crippen LogP contribution in [-0.2, 0) is 11.2 Å². The Kier molecular flexibility index (Phi) is 4.62. The van der Waals surface area contributed by atoms with E-state index < -0.39 is 0 Å². The minimum absolute atomic E-state index is 0.0780. The van der Waals surface area contributed by atoms with Gasteiger partial charge in [-0.05, 0) is 48.2 Å². The second-order valence-corrected chi connectivity index (χ2v) is 6.71. The smallest absolute Gasteiger partial charge is 0.230 e. The first-order valence-corrected chi connectivity index (χ1v) is 8.88. The quantitative estimate of drug-likeness (QED) is 0.748. The van der Waals surface area contributed by atoms with Crippen LogP contribution in [0, 0.1) is 11.7 Å². The number of amides is 1. The third-order valence-corrected chi connectivity index (χ3v) is 4.98. The Balaban J connectivity index is 1.48. The maximum Gasteiger partial charge on any atom is 0.230 e. The van der Waals surface area contributed by atoms with Gasteiger partial charge < -0.3 is 9.64 Å². The molecular formula is C21H20FN3O2. The van der Waals surface area contributed by atoms with E-state index >= 15 is 0 Å². The van der Waals surface area contributed by atoms with Crippen LogP contribution in [0.1, 0.15) is 12.0 Å². The van der Waals surface area contributed by atoms with Gasteiger partial charge in [0.2, 0.25) is 5.91 Å². The van der Waals surface area contributed by atoms with Crippen molar-refractivity contribution < 1.29 is 13.9 Å². The maximum atomic E-state index is 13.7. The van der Waals surface area contributed by atoms with Crippen LogP contribution in [0.4, 0.5) is 10.1 Å². The molecule has 27 heavy (non-hydrogen) atoms. The fraction of sp³-hybridized carbons (Fsp3) is 0.238. The zero-order valence-corrected chi connectivity index (χ0v) is 15.0. The summed E-state index contributed by atoms with van der Waals surface area (Å²) in [5.41, 5.74) is 3.71. The zero-order chi connectivity index (χ0) is 18.8. The molecule has 1 aliphatic heterocycles. The molecule has 3 aromatic rings. The summed E-state index contributed by atoms with van der Waals surface area (Å²) in [6.07, 6.45) is 4.86. The molecule has 0 bridgehead atoms. The third kappa shape index (κ3) is 3.56. The lowest BCUT2D eigenvalue weighted by Gasteiger charge is -2.17. The van der Waals surface area contributed by atoms with E-state index in [2.05, 4.69) is 10.2 Å². The summed E-state index contributed by atoms with van der Waals surface area (Å²) in [6.45, 7) is 0.668. The zero-order valence-electron chi connectivity index (χ0n) is 15.0. The number of halogens is 1. The highest BCUT2D eigenvalue weighted by Gasteiger charge is 2.32. The number of ether oxygens (including phenoxy) is 1. The van der Waals surface area contributed by atoms with Crippen molar-refractivity contribution in [3.05, 3.63) is 66.2 Å². The van der Waals surface area contributed by atoms with Gasteiger partial charge in [0.25, 0.3) is 0 Å². The molecule has 4 rings (SSSR count). The molecule has 1 unspecified atom stereocenters. The Morgan fingerprint density at radius 3 is 2.74 bits per heavy atom. The Hall–Kier alpha value is -3.15. The third-order valence-electron chi connectivity index (χ3n) is 4.98. The molecule has 1 aliphatic rings. The first-order valence-electron chi connectivity index (χ1n) is 8.88. The van der Waals surface area contributed by atoms with Crippen molar-refractivity contribution in [3.63, 3.8) is 0 Å². The highest BCUT2D eigenvalue weighted by atomic mass is 19.1. The van der Waals surface area contributed by atoms with Crippen molar-refractivity contribution in [3.8, 4) is 16.9 Å². The maximum absolute atomic E-state index is 13.7. The van der Waals surface area contributed by atoms with Gasteiger partial charge in [0, 0.05) is 36.0 Å². The van der Waals surface area contributed by atoms with E-state index in [-0.39, 0.29) is 17.6 Å². The average Bonchev–Trinajstić information content (AvgIpc) is 3.32. The number of methoxy groups -OCH3 is 1. The normalized spacial score (nSPS) is 16.7. The van der Waals surface area contributed by atoms with Crippen LogP contribution in [0.25, 0.3) is 11.1 Å². The number of aromatic nitrogens is 2. The van der Waals surface area contributed by atoms with Crippen LogP contribution in [-0.4, -0.2) is 29.8 Å². The molecule has 138 valence electrons. The molecule has 0 radical (unpaired) electrons. The van der Waals surface area contributed by atoms with E-state index in [0.29, 0.717) is 18.7 Å². The summed E-state index contributed by atoms with van der Waals surface area (Å²) in [5, 5.41) is 6.75. The Morgan fingerprint density at radius 1 is 1.22 bits per heavy atom. The van der Waals surface area contributed by atoms with Crippen molar-refractivity contribution in [2.45, 2.75) is 12.8 Å². The summed E-state index contributed by atoms with van der Waals surface area (Å²) in [6, 6.07) is 12.5. The molecule has 0 saturated carbocycles. The van der Waals surface area contributed by atoms with Crippen molar-refractivity contribution in [2.24, 2.45) is 5.92 Å². The van der Waals surface area contributed by atoms with Crippen LogP contribution < -0.4 is 9.64 Å². The lowest BCUT2D eigenvalue weighted by molar-refractivity contribution is -0.120. The minimum Gasteiger partial charge on any atom is -0.497 e. The summed E-state index contributed by atoms with van der Waals surface area (Å²) >= 11 is 0. The highest BCUT2D eigenvalue weighted by molar-refractivity contribution is 5.97. The molecular weight excluding hydrogens is 345 g/mol. The van der Waals surface area contributed by atoms with Gasteiger partial charge in [-0.25, -0.2) is 4.39 Å². The van der Waals surface area contributed by atoms with E-state index in [9.17, 15) is 9.18 Å². The molecule has 1 fully saturated rings. The molecule has 6 heteroatoms. The van der Waals surface area contributed by atoms with E-state index in [0.717, 1.165) is 28.8 Å². The SMILES string of the molecule is COc1cc(F)cc(CC2CCN(c3ccc(-c4cn[nH]c4)cc3)C2=O)c1. The predicted molar refractivity (Wildman–Crippen MR) is 101 cm³/mol. The number of hydrogen-bond acceptors (Lipinski definition) is 3. The van der Waals surface area contributed by atoms with Crippen LogP contribution in [0.5, 0.6) is 5.75 Å². The van der Waals surface area contributed by atoms with Gasteiger partial charge in [0.1, 0.15) is 11.6 Å². The molecule has 2 aromatic carbocycles. The number of carbonyl (C=O) groups excluding carboxylic acids is 1. The van der Waals surface area contributed by atoms with E-state index in [1.807, 2.05) is 30.5 Å². The number of H-pyrrole nitrogens is 1. The molecule has 1 amide bonds. The second-order valence-electron chi connectivity index (χ2n) is 6.71. The number of aromatic amines is 1. The van der Waals surface area contributed by atoms with E-state index in [1.165, 1.54) is 19.2 Å². The molecule has 0 spiro atoms. The standard InChI is InChI=1S/C21H20FN3O2/c1-27-20-10-14(9-18(22)11-20)8-16-6-7-25(21(16)26)19-4-2-15(3-5-19)17-12-23-24-13-17/h2-5,9-13,16H,6-8H2,1H3,(H,23,24). The molecule has 0 aliphatic carbocycles. The van der Waals surface area contributed by atoms with E-state index in [4.69, 9.17) is 4.74 Å².